The summed E-state index contributed by atoms with van der Waals surface area (Å²) in [6, 6.07) is 0. The average molecular weight is 176 g/mol. The lowest BCUT2D eigenvalue weighted by Crippen LogP contribution is -2.36. The zero-order chi connectivity index (χ0) is 8.28. The van der Waals surface area contributed by atoms with E-state index < -0.39 is 10.0 Å². The van der Waals surface area contributed by atoms with Crippen molar-refractivity contribution in [3.63, 3.8) is 0 Å². The van der Waals surface area contributed by atoms with Gasteiger partial charge in [0, 0.05) is 18.6 Å². The summed E-state index contributed by atoms with van der Waals surface area (Å²) in [6.07, 6.45) is 2.24. The van der Waals surface area contributed by atoms with Gasteiger partial charge in [-0.25, -0.2) is 8.42 Å². The van der Waals surface area contributed by atoms with Crippen LogP contribution in [0.15, 0.2) is 0 Å². The summed E-state index contributed by atoms with van der Waals surface area (Å²) in [5.41, 5.74) is 5.67. The van der Waals surface area contributed by atoms with Gasteiger partial charge in [-0.05, 0) is 12.3 Å². The van der Waals surface area contributed by atoms with Crippen molar-refractivity contribution in [2.45, 2.75) is 12.0 Å². The van der Waals surface area contributed by atoms with Gasteiger partial charge in [0.05, 0.1) is 6.26 Å². The summed E-state index contributed by atoms with van der Waals surface area (Å²) in [5, 5.41) is 0. The van der Waals surface area contributed by atoms with E-state index in [4.69, 9.17) is 5.73 Å². The fourth-order valence-electron chi connectivity index (χ4n) is 1.73. The Bertz CT molecular complexity index is 287. The van der Waals surface area contributed by atoms with Crippen LogP contribution in [0, 0.1) is 5.92 Å². The molecule has 0 bridgehead atoms. The molecule has 1 heterocycles. The van der Waals surface area contributed by atoms with Crippen molar-refractivity contribution in [3.05, 3.63) is 0 Å². The second-order valence-electron chi connectivity index (χ2n) is 3.69. The Morgan fingerprint density at radius 2 is 2.27 bits per heavy atom. The van der Waals surface area contributed by atoms with E-state index in [0.717, 1.165) is 6.42 Å². The van der Waals surface area contributed by atoms with Crippen molar-refractivity contribution in [2.75, 3.05) is 19.3 Å². The van der Waals surface area contributed by atoms with Crippen molar-refractivity contribution < 1.29 is 8.42 Å². The molecule has 11 heavy (non-hydrogen) atoms. The van der Waals surface area contributed by atoms with Crippen LogP contribution < -0.4 is 5.73 Å². The molecule has 64 valence electrons. The van der Waals surface area contributed by atoms with E-state index in [2.05, 4.69) is 0 Å². The van der Waals surface area contributed by atoms with Gasteiger partial charge in [0.15, 0.2) is 0 Å². The van der Waals surface area contributed by atoms with Gasteiger partial charge in [-0.15, -0.1) is 0 Å². The molecule has 0 aromatic heterocycles. The van der Waals surface area contributed by atoms with Crippen molar-refractivity contribution >= 4 is 10.0 Å². The molecule has 2 rings (SSSR count). The third-order valence-electron chi connectivity index (χ3n) is 2.64. The normalized spacial score (nSPS) is 44.0. The molecule has 0 amide bonds. The van der Waals surface area contributed by atoms with Crippen LogP contribution in [0.3, 0.4) is 0 Å². The van der Waals surface area contributed by atoms with E-state index in [-0.39, 0.29) is 5.54 Å². The number of sulfonamides is 1. The van der Waals surface area contributed by atoms with Crippen LogP contribution in [0.2, 0.25) is 0 Å². The van der Waals surface area contributed by atoms with Crippen LogP contribution in [0.25, 0.3) is 0 Å². The first kappa shape index (κ1) is 7.52. The number of piperidine rings is 1. The van der Waals surface area contributed by atoms with Crippen molar-refractivity contribution in [2.24, 2.45) is 11.7 Å². The molecule has 2 atom stereocenters. The van der Waals surface area contributed by atoms with E-state index in [1.807, 2.05) is 0 Å². The fraction of sp³-hybridized carbons (Fsp3) is 1.00. The summed E-state index contributed by atoms with van der Waals surface area (Å²) in [5.74, 6) is 0.428. The van der Waals surface area contributed by atoms with Crippen LogP contribution in [0.1, 0.15) is 6.42 Å². The van der Waals surface area contributed by atoms with Gasteiger partial charge in [0.1, 0.15) is 0 Å². The van der Waals surface area contributed by atoms with Crippen molar-refractivity contribution in [1.82, 2.24) is 4.31 Å². The lowest BCUT2D eigenvalue weighted by Gasteiger charge is -2.15. The van der Waals surface area contributed by atoms with Gasteiger partial charge >= 0.3 is 0 Å². The van der Waals surface area contributed by atoms with Gasteiger partial charge in [-0.3, -0.25) is 0 Å². The Hall–Kier alpha value is -0.130. The van der Waals surface area contributed by atoms with Gasteiger partial charge in [0.25, 0.3) is 0 Å². The third-order valence-corrected chi connectivity index (χ3v) is 3.86. The summed E-state index contributed by atoms with van der Waals surface area (Å²) < 4.78 is 23.5. The minimum absolute atomic E-state index is 0.164. The second kappa shape index (κ2) is 1.78. The predicted octanol–water partition coefficient (Wildman–Crippen LogP) is -1.02. The molecule has 0 aromatic rings. The smallest absolute Gasteiger partial charge is 0.211 e. The van der Waals surface area contributed by atoms with E-state index in [1.54, 1.807) is 0 Å². The van der Waals surface area contributed by atoms with E-state index in [1.165, 1.54) is 10.6 Å². The molecule has 0 aromatic carbocycles. The third kappa shape index (κ3) is 1.07. The lowest BCUT2D eigenvalue weighted by atomic mass is 10.3. The number of fused-ring (bicyclic) bond motifs is 1. The molecule has 5 heteroatoms. The maximum Gasteiger partial charge on any atom is 0.211 e. The van der Waals surface area contributed by atoms with Crippen LogP contribution in [0.4, 0.5) is 0 Å². The highest BCUT2D eigenvalue weighted by atomic mass is 32.2. The molecule has 1 aliphatic carbocycles. The number of hydrogen-bond acceptors (Lipinski definition) is 3. The minimum Gasteiger partial charge on any atom is -0.324 e. The van der Waals surface area contributed by atoms with Crippen LogP contribution >= 0.6 is 0 Å². The Kier molecular flexibility index (Phi) is 1.22. The molecule has 2 N–H and O–H groups in total. The van der Waals surface area contributed by atoms with E-state index in [0.29, 0.717) is 19.0 Å². The molecule has 1 saturated heterocycles. The number of nitrogens with zero attached hydrogens (tertiary/aromatic N) is 1. The first-order valence-corrected chi connectivity index (χ1v) is 5.51. The van der Waals surface area contributed by atoms with Crippen molar-refractivity contribution in [3.8, 4) is 0 Å². The molecule has 0 radical (unpaired) electrons. The Balaban J connectivity index is 2.14. The van der Waals surface area contributed by atoms with Gasteiger partial charge in [0.2, 0.25) is 10.0 Å². The topological polar surface area (TPSA) is 63.4 Å². The highest BCUT2D eigenvalue weighted by Gasteiger charge is 2.58. The first-order chi connectivity index (χ1) is 4.92. The Morgan fingerprint density at radius 1 is 1.64 bits per heavy atom. The highest BCUT2D eigenvalue weighted by molar-refractivity contribution is 7.88. The summed E-state index contributed by atoms with van der Waals surface area (Å²) in [4.78, 5) is 0. The molecule has 0 spiro atoms. The molecule has 1 aliphatic heterocycles. The Morgan fingerprint density at radius 3 is 2.55 bits per heavy atom. The maximum atomic E-state index is 11.0. The highest BCUT2D eigenvalue weighted by Crippen LogP contribution is 2.47. The SMILES string of the molecule is CS(=O)(=O)N1CC2CC2(N)C1. The maximum absolute atomic E-state index is 11.0. The predicted molar refractivity (Wildman–Crippen MR) is 41.4 cm³/mol. The van der Waals surface area contributed by atoms with Crippen LogP contribution in [-0.2, 0) is 10.0 Å². The van der Waals surface area contributed by atoms with Crippen molar-refractivity contribution in [1.29, 1.82) is 0 Å². The van der Waals surface area contributed by atoms with Gasteiger partial charge in [-0.2, -0.15) is 4.31 Å². The molecule has 2 aliphatic rings. The first-order valence-electron chi connectivity index (χ1n) is 3.66. The average Bonchev–Trinajstić information content (AvgIpc) is 2.30. The summed E-state index contributed by atoms with van der Waals surface area (Å²) in [6.45, 7) is 1.16. The standard InChI is InChI=1S/C6H12N2O2S/c1-11(9,10)8-3-5-2-6(5,7)4-8/h5H,2-4,7H2,1H3. The zero-order valence-electron chi connectivity index (χ0n) is 6.45. The van der Waals surface area contributed by atoms with E-state index >= 15 is 0 Å². The van der Waals surface area contributed by atoms with Gasteiger partial charge < -0.3 is 5.73 Å². The molecule has 2 unspecified atom stereocenters. The largest absolute Gasteiger partial charge is 0.324 e. The zero-order valence-corrected chi connectivity index (χ0v) is 7.26. The Labute approximate surface area is 66.4 Å². The quantitative estimate of drug-likeness (QED) is 0.556. The van der Waals surface area contributed by atoms with Crippen LogP contribution in [-0.4, -0.2) is 37.6 Å². The number of rotatable bonds is 1. The van der Waals surface area contributed by atoms with Crippen LogP contribution in [0.5, 0.6) is 0 Å². The molecule has 4 nitrogen and oxygen atoms in total. The second-order valence-corrected chi connectivity index (χ2v) is 5.67. The molecule has 2 fully saturated rings. The monoisotopic (exact) mass is 176 g/mol. The molecular formula is C6H12N2O2S. The minimum atomic E-state index is -2.99. The summed E-state index contributed by atoms with van der Waals surface area (Å²) >= 11 is 0. The van der Waals surface area contributed by atoms with E-state index in [9.17, 15) is 8.42 Å². The lowest BCUT2D eigenvalue weighted by molar-refractivity contribution is 0.437. The number of nitrogens with two attached hydrogens (primary N) is 1. The molecular weight excluding hydrogens is 164 g/mol. The fourth-order valence-corrected chi connectivity index (χ4v) is 2.66. The van der Waals surface area contributed by atoms with Gasteiger partial charge in [-0.1, -0.05) is 0 Å². The molecule has 1 saturated carbocycles. The summed E-state index contributed by atoms with van der Waals surface area (Å²) in [7, 11) is -2.99. The number of hydrogen-bond donors (Lipinski definition) is 1.